The van der Waals surface area contributed by atoms with E-state index in [4.69, 9.17) is 0 Å². The molecule has 0 saturated carbocycles. The number of benzene rings is 1. The molecule has 0 radical (unpaired) electrons. The van der Waals surface area contributed by atoms with Crippen LogP contribution in [0.3, 0.4) is 0 Å². The number of hydrogen-bond donors (Lipinski definition) is 1. The van der Waals surface area contributed by atoms with Crippen LogP contribution in [0, 0.1) is 6.92 Å². The van der Waals surface area contributed by atoms with E-state index in [-0.39, 0.29) is 5.91 Å². The molecule has 10 heteroatoms. The summed E-state index contributed by atoms with van der Waals surface area (Å²) in [7, 11) is 1.83. The van der Waals surface area contributed by atoms with Crippen molar-refractivity contribution < 1.29 is 18.0 Å². The molecule has 3 heterocycles. The maximum atomic E-state index is 12.9. The van der Waals surface area contributed by atoms with Gasteiger partial charge in [-0.25, -0.2) is 4.98 Å². The average Bonchev–Trinajstić information content (AvgIpc) is 3.33. The van der Waals surface area contributed by atoms with Gasteiger partial charge in [-0.2, -0.15) is 18.3 Å². The molecule has 5 nitrogen and oxygen atoms in total. The summed E-state index contributed by atoms with van der Waals surface area (Å²) in [6.07, 6.45) is -2.49. The van der Waals surface area contributed by atoms with E-state index in [1.165, 1.54) is 28.7 Å². The third-order valence-corrected chi connectivity index (χ3v) is 6.44. The van der Waals surface area contributed by atoms with Gasteiger partial charge in [0.15, 0.2) is 5.13 Å². The minimum Gasteiger partial charge on any atom is -0.297 e. The SMILES string of the molecule is Cc1nn(C)c2sc(C(=O)Nc3ncc(Cc4cccc(C(F)(F)F)c4)s3)cc12. The lowest BCUT2D eigenvalue weighted by molar-refractivity contribution is -0.137. The number of aromatic nitrogens is 3. The number of halogens is 3. The second-order valence-corrected chi connectivity index (χ2v) is 8.65. The van der Waals surface area contributed by atoms with Crippen LogP contribution in [0.2, 0.25) is 0 Å². The molecule has 1 amide bonds. The van der Waals surface area contributed by atoms with E-state index >= 15 is 0 Å². The number of carbonyl (C=O) groups excluding carboxylic acids is 1. The Labute approximate surface area is 171 Å². The largest absolute Gasteiger partial charge is 0.416 e. The van der Waals surface area contributed by atoms with Crippen LogP contribution in [0.15, 0.2) is 36.5 Å². The van der Waals surface area contributed by atoms with Crippen molar-refractivity contribution in [2.75, 3.05) is 5.32 Å². The summed E-state index contributed by atoms with van der Waals surface area (Å²) in [5.41, 5.74) is 0.715. The van der Waals surface area contributed by atoms with Crippen LogP contribution in [-0.4, -0.2) is 20.7 Å². The van der Waals surface area contributed by atoms with Gasteiger partial charge in [-0.05, 0) is 24.6 Å². The first-order valence-electron chi connectivity index (χ1n) is 8.56. The van der Waals surface area contributed by atoms with E-state index in [0.29, 0.717) is 22.0 Å². The van der Waals surface area contributed by atoms with Crippen molar-refractivity contribution in [2.24, 2.45) is 7.05 Å². The molecular formula is C19H15F3N4OS2. The summed E-state index contributed by atoms with van der Waals surface area (Å²) in [5.74, 6) is -0.273. The Balaban J connectivity index is 1.47. The summed E-state index contributed by atoms with van der Waals surface area (Å²) in [6, 6.07) is 7.01. The second kappa shape index (κ2) is 7.27. The van der Waals surface area contributed by atoms with Gasteiger partial charge in [0.1, 0.15) is 4.83 Å². The number of nitrogens with zero attached hydrogens (tertiary/aromatic N) is 3. The van der Waals surface area contributed by atoms with Crippen LogP contribution in [0.5, 0.6) is 0 Å². The smallest absolute Gasteiger partial charge is 0.297 e. The Kier molecular flexibility index (Phi) is 4.91. The Hall–Kier alpha value is -2.72. The van der Waals surface area contributed by atoms with E-state index in [1.807, 2.05) is 14.0 Å². The molecule has 4 rings (SSSR count). The number of alkyl halides is 3. The van der Waals surface area contributed by atoms with Crippen LogP contribution in [0.4, 0.5) is 18.3 Å². The first kappa shape index (κ1) is 19.6. The highest BCUT2D eigenvalue weighted by Crippen LogP contribution is 2.31. The molecule has 0 aliphatic heterocycles. The monoisotopic (exact) mass is 436 g/mol. The summed E-state index contributed by atoms with van der Waals surface area (Å²) < 4.78 is 40.3. The number of anilines is 1. The summed E-state index contributed by atoms with van der Waals surface area (Å²) >= 11 is 2.59. The van der Waals surface area contributed by atoms with Gasteiger partial charge < -0.3 is 0 Å². The molecule has 4 aromatic rings. The fraction of sp³-hybridized carbons (Fsp3) is 0.211. The topological polar surface area (TPSA) is 59.8 Å². The molecule has 3 aromatic heterocycles. The number of fused-ring (bicyclic) bond motifs is 1. The minimum atomic E-state index is -4.37. The Bertz CT molecular complexity index is 1170. The number of carbonyl (C=O) groups is 1. The van der Waals surface area contributed by atoms with Crippen molar-refractivity contribution in [3.05, 3.63) is 63.1 Å². The molecule has 0 unspecified atom stereocenters. The van der Waals surface area contributed by atoms with Gasteiger partial charge >= 0.3 is 6.18 Å². The van der Waals surface area contributed by atoms with Crippen LogP contribution in [0.25, 0.3) is 10.2 Å². The van der Waals surface area contributed by atoms with Gasteiger partial charge in [0.05, 0.1) is 16.1 Å². The van der Waals surface area contributed by atoms with Crippen LogP contribution in [0.1, 0.15) is 31.4 Å². The third-order valence-electron chi connectivity index (χ3n) is 4.33. The highest BCUT2D eigenvalue weighted by molar-refractivity contribution is 7.20. The molecule has 150 valence electrons. The standard InChI is InChI=1S/C19H15F3N4OS2/c1-10-14-8-15(29-17(14)26(2)25-10)16(27)24-18-23-9-13(28-18)7-11-4-3-5-12(6-11)19(20,21)22/h3-6,8-9H,7H2,1-2H3,(H,23,24,27). The highest BCUT2D eigenvalue weighted by atomic mass is 32.1. The van der Waals surface area contributed by atoms with Crippen LogP contribution < -0.4 is 5.32 Å². The predicted octanol–water partition coefficient (Wildman–Crippen LogP) is 5.26. The second-order valence-electron chi connectivity index (χ2n) is 6.50. The molecule has 0 spiro atoms. The number of amides is 1. The molecule has 0 saturated heterocycles. The van der Waals surface area contributed by atoms with Gasteiger partial charge in [-0.15, -0.1) is 22.7 Å². The number of rotatable bonds is 4. The molecule has 0 bridgehead atoms. The van der Waals surface area contributed by atoms with E-state index in [2.05, 4.69) is 15.4 Å². The van der Waals surface area contributed by atoms with Crippen molar-refractivity contribution in [2.45, 2.75) is 19.5 Å². The fourth-order valence-corrected chi connectivity index (χ4v) is 4.84. The zero-order chi connectivity index (χ0) is 20.8. The summed E-state index contributed by atoms with van der Waals surface area (Å²) in [4.78, 5) is 18.9. The van der Waals surface area contributed by atoms with E-state index in [0.717, 1.165) is 32.9 Å². The summed E-state index contributed by atoms with van der Waals surface area (Å²) in [5, 5.41) is 8.42. The zero-order valence-electron chi connectivity index (χ0n) is 15.4. The summed E-state index contributed by atoms with van der Waals surface area (Å²) in [6.45, 7) is 1.89. The number of aryl methyl sites for hydroxylation is 2. The quantitative estimate of drug-likeness (QED) is 0.475. The molecular weight excluding hydrogens is 421 g/mol. The Morgan fingerprint density at radius 3 is 2.76 bits per heavy atom. The van der Waals surface area contributed by atoms with Crippen molar-refractivity contribution in [1.82, 2.24) is 14.8 Å². The average molecular weight is 436 g/mol. The maximum absolute atomic E-state index is 12.9. The lowest BCUT2D eigenvalue weighted by atomic mass is 10.1. The number of thiophene rings is 1. The van der Waals surface area contributed by atoms with Gasteiger partial charge in [0.2, 0.25) is 0 Å². The normalized spacial score (nSPS) is 11.9. The van der Waals surface area contributed by atoms with Crippen molar-refractivity contribution in [3.8, 4) is 0 Å². The molecule has 1 N–H and O–H groups in total. The van der Waals surface area contributed by atoms with Crippen molar-refractivity contribution in [3.63, 3.8) is 0 Å². The van der Waals surface area contributed by atoms with Crippen molar-refractivity contribution >= 4 is 43.9 Å². The first-order valence-corrected chi connectivity index (χ1v) is 10.2. The van der Waals surface area contributed by atoms with E-state index in [9.17, 15) is 18.0 Å². The van der Waals surface area contributed by atoms with Gasteiger partial charge in [0, 0.05) is 29.9 Å². The van der Waals surface area contributed by atoms with E-state index < -0.39 is 11.7 Å². The highest BCUT2D eigenvalue weighted by Gasteiger charge is 2.30. The molecule has 0 aliphatic rings. The maximum Gasteiger partial charge on any atom is 0.416 e. The van der Waals surface area contributed by atoms with Crippen LogP contribution >= 0.6 is 22.7 Å². The molecule has 1 aromatic carbocycles. The Morgan fingerprint density at radius 2 is 2.03 bits per heavy atom. The van der Waals surface area contributed by atoms with Gasteiger partial charge in [-0.3, -0.25) is 14.8 Å². The number of thiazole rings is 1. The van der Waals surface area contributed by atoms with Gasteiger partial charge in [0.25, 0.3) is 5.91 Å². The Morgan fingerprint density at radius 1 is 1.24 bits per heavy atom. The molecule has 0 fully saturated rings. The molecule has 29 heavy (non-hydrogen) atoms. The van der Waals surface area contributed by atoms with Crippen molar-refractivity contribution in [1.29, 1.82) is 0 Å². The van der Waals surface area contributed by atoms with Gasteiger partial charge in [-0.1, -0.05) is 18.2 Å². The number of nitrogens with one attached hydrogen (secondary N) is 1. The third kappa shape index (κ3) is 4.03. The minimum absolute atomic E-state index is 0.273. The lowest BCUT2D eigenvalue weighted by Crippen LogP contribution is -2.09. The van der Waals surface area contributed by atoms with Crippen LogP contribution in [-0.2, 0) is 19.6 Å². The lowest BCUT2D eigenvalue weighted by Gasteiger charge is -2.07. The fourth-order valence-electron chi connectivity index (χ4n) is 2.98. The molecule has 0 aliphatic carbocycles. The zero-order valence-corrected chi connectivity index (χ0v) is 17.0. The predicted molar refractivity (Wildman–Crippen MR) is 108 cm³/mol. The first-order chi connectivity index (χ1) is 13.7. The van der Waals surface area contributed by atoms with E-state index in [1.54, 1.807) is 23.0 Å². The number of hydrogen-bond acceptors (Lipinski definition) is 5. The molecule has 0 atom stereocenters.